The number of thioether (sulfide) groups is 1. The van der Waals surface area contributed by atoms with Crippen LogP contribution in [0, 0.1) is 5.92 Å². The molecule has 0 bridgehead atoms. The molecule has 1 aromatic rings. The minimum absolute atomic E-state index is 0.506. The van der Waals surface area contributed by atoms with Gasteiger partial charge in [-0.05, 0) is 32.2 Å². The van der Waals surface area contributed by atoms with Crippen LogP contribution in [0.5, 0.6) is 0 Å². The first-order valence-electron chi connectivity index (χ1n) is 7.58. The molecular formula is C14H23N5S. The highest BCUT2D eigenvalue weighted by Gasteiger charge is 2.35. The second-order valence-corrected chi connectivity index (χ2v) is 6.26. The molecule has 1 saturated carbocycles. The molecule has 3 rings (SSSR count). The zero-order valence-corrected chi connectivity index (χ0v) is 13.4. The molecule has 0 amide bonds. The quantitative estimate of drug-likeness (QED) is 0.801. The Kier molecular flexibility index (Phi) is 4.12. The van der Waals surface area contributed by atoms with E-state index in [-0.39, 0.29) is 0 Å². The highest BCUT2D eigenvalue weighted by atomic mass is 32.2. The summed E-state index contributed by atoms with van der Waals surface area (Å²) >= 11 is 1.59. The summed E-state index contributed by atoms with van der Waals surface area (Å²) in [6.45, 7) is 7.63. The van der Waals surface area contributed by atoms with Gasteiger partial charge in [-0.15, -0.1) is 5.10 Å². The van der Waals surface area contributed by atoms with E-state index in [0.717, 1.165) is 30.7 Å². The molecule has 110 valence electrons. The van der Waals surface area contributed by atoms with Gasteiger partial charge in [-0.25, -0.2) is 9.67 Å². The van der Waals surface area contributed by atoms with Gasteiger partial charge >= 0.3 is 0 Å². The lowest BCUT2D eigenvalue weighted by Gasteiger charge is -2.39. The number of fused-ring (bicyclic) bond motifs is 2. The van der Waals surface area contributed by atoms with Gasteiger partial charge in [0, 0.05) is 17.7 Å². The lowest BCUT2D eigenvalue weighted by Crippen LogP contribution is -2.48. The summed E-state index contributed by atoms with van der Waals surface area (Å²) in [6.07, 6.45) is 5.79. The van der Waals surface area contributed by atoms with Gasteiger partial charge in [-0.3, -0.25) is 4.90 Å². The topological polar surface area (TPSA) is 46.3 Å². The second kappa shape index (κ2) is 5.85. The molecule has 2 heterocycles. The van der Waals surface area contributed by atoms with Crippen LogP contribution in [0.4, 0.5) is 5.95 Å². The molecule has 0 saturated heterocycles. The Morgan fingerprint density at radius 3 is 2.80 bits per heavy atom. The van der Waals surface area contributed by atoms with Crippen molar-refractivity contribution in [3.8, 4) is 0 Å². The molecule has 1 fully saturated rings. The molecule has 20 heavy (non-hydrogen) atoms. The first-order valence-corrected chi connectivity index (χ1v) is 8.80. The van der Waals surface area contributed by atoms with E-state index in [2.05, 4.69) is 28.8 Å². The maximum atomic E-state index is 4.89. The molecule has 2 aliphatic rings. The summed E-state index contributed by atoms with van der Waals surface area (Å²) in [6, 6.07) is 0.506. The molecule has 6 heteroatoms. The molecule has 1 aliphatic carbocycles. The molecule has 0 spiro atoms. The Morgan fingerprint density at radius 2 is 2.10 bits per heavy atom. The van der Waals surface area contributed by atoms with Crippen molar-refractivity contribution in [1.82, 2.24) is 19.7 Å². The van der Waals surface area contributed by atoms with E-state index in [1.54, 1.807) is 11.8 Å². The summed E-state index contributed by atoms with van der Waals surface area (Å²) < 4.78 is 1.99. The van der Waals surface area contributed by atoms with Gasteiger partial charge in [0.1, 0.15) is 0 Å². The number of hydrogen-bond acceptors (Lipinski definition) is 5. The van der Waals surface area contributed by atoms with E-state index in [1.165, 1.54) is 25.0 Å². The molecule has 5 nitrogen and oxygen atoms in total. The predicted octanol–water partition coefficient (Wildman–Crippen LogP) is 2.60. The van der Waals surface area contributed by atoms with E-state index in [0.29, 0.717) is 12.0 Å². The Morgan fingerprint density at radius 1 is 1.30 bits per heavy atom. The smallest absolute Gasteiger partial charge is 0.248 e. The number of aliphatic imine (C=N–C) groups is 1. The summed E-state index contributed by atoms with van der Waals surface area (Å²) in [4.78, 5) is 11.9. The van der Waals surface area contributed by atoms with Crippen LogP contribution in [0.3, 0.4) is 0 Å². The first-order chi connectivity index (χ1) is 9.76. The minimum Gasteiger partial charge on any atom is -0.296 e. The molecule has 2 atom stereocenters. The lowest BCUT2D eigenvalue weighted by molar-refractivity contribution is 0.227. The Labute approximate surface area is 124 Å². The molecule has 0 N–H and O–H groups in total. The lowest BCUT2D eigenvalue weighted by atomic mass is 9.82. The van der Waals surface area contributed by atoms with Gasteiger partial charge in [0.25, 0.3) is 0 Å². The summed E-state index contributed by atoms with van der Waals surface area (Å²) in [5.74, 6) is 1.36. The van der Waals surface area contributed by atoms with E-state index in [4.69, 9.17) is 4.99 Å². The maximum Gasteiger partial charge on any atom is 0.248 e. The highest BCUT2D eigenvalue weighted by Crippen LogP contribution is 2.33. The predicted molar refractivity (Wildman–Crippen MR) is 82.9 cm³/mol. The van der Waals surface area contributed by atoms with E-state index < -0.39 is 0 Å². The van der Waals surface area contributed by atoms with Crippen molar-refractivity contribution in [3.05, 3.63) is 0 Å². The van der Waals surface area contributed by atoms with Crippen LogP contribution < -0.4 is 0 Å². The summed E-state index contributed by atoms with van der Waals surface area (Å²) in [7, 11) is 0. The average Bonchev–Trinajstić information content (AvgIpc) is 2.88. The summed E-state index contributed by atoms with van der Waals surface area (Å²) in [5.41, 5.74) is 1.35. The largest absolute Gasteiger partial charge is 0.296 e. The zero-order valence-electron chi connectivity index (χ0n) is 12.5. The van der Waals surface area contributed by atoms with Gasteiger partial charge < -0.3 is 0 Å². The zero-order chi connectivity index (χ0) is 14.1. The number of aromatic nitrogens is 3. The van der Waals surface area contributed by atoms with Crippen LogP contribution in [-0.4, -0.2) is 50.8 Å². The minimum atomic E-state index is 0.506. The van der Waals surface area contributed by atoms with Crippen molar-refractivity contribution in [1.29, 1.82) is 0 Å². The third-order valence-electron chi connectivity index (χ3n) is 4.48. The second-order valence-electron chi connectivity index (χ2n) is 5.48. The van der Waals surface area contributed by atoms with Gasteiger partial charge in [0.15, 0.2) is 0 Å². The number of rotatable bonds is 4. The Balaban J connectivity index is 1.94. The first kappa shape index (κ1) is 14.1. The Hall–Kier alpha value is -0.880. The van der Waals surface area contributed by atoms with Crippen LogP contribution in [0.1, 0.15) is 33.1 Å². The van der Waals surface area contributed by atoms with Crippen molar-refractivity contribution in [3.63, 3.8) is 0 Å². The van der Waals surface area contributed by atoms with Gasteiger partial charge in [0.2, 0.25) is 11.1 Å². The van der Waals surface area contributed by atoms with Gasteiger partial charge in [0.05, 0.1) is 6.54 Å². The van der Waals surface area contributed by atoms with Crippen molar-refractivity contribution in [2.24, 2.45) is 10.9 Å². The fourth-order valence-electron chi connectivity index (χ4n) is 3.44. The summed E-state index contributed by atoms with van der Waals surface area (Å²) in [5, 5.41) is 5.35. The number of nitrogens with zero attached hydrogens (tertiary/aromatic N) is 5. The molecular weight excluding hydrogens is 270 g/mol. The van der Waals surface area contributed by atoms with E-state index in [1.807, 2.05) is 10.9 Å². The SMILES string of the molecule is CCN(CC)C1CCCC2Cn3nc(SC)nc3N=C21. The molecule has 0 radical (unpaired) electrons. The molecule has 1 aromatic heterocycles. The monoisotopic (exact) mass is 293 g/mol. The third-order valence-corrected chi connectivity index (χ3v) is 5.02. The van der Waals surface area contributed by atoms with Crippen molar-refractivity contribution >= 4 is 23.4 Å². The molecule has 0 aromatic carbocycles. The van der Waals surface area contributed by atoms with Crippen LogP contribution in [0.25, 0.3) is 0 Å². The van der Waals surface area contributed by atoms with Crippen LogP contribution in [-0.2, 0) is 6.54 Å². The van der Waals surface area contributed by atoms with Crippen LogP contribution in [0.2, 0.25) is 0 Å². The number of hydrogen-bond donors (Lipinski definition) is 0. The van der Waals surface area contributed by atoms with Crippen molar-refractivity contribution < 1.29 is 0 Å². The average molecular weight is 293 g/mol. The van der Waals surface area contributed by atoms with Gasteiger partial charge in [-0.1, -0.05) is 32.0 Å². The van der Waals surface area contributed by atoms with Crippen LogP contribution >= 0.6 is 11.8 Å². The van der Waals surface area contributed by atoms with Crippen molar-refractivity contribution in [2.75, 3.05) is 19.3 Å². The maximum absolute atomic E-state index is 4.89. The normalized spacial score (nSPS) is 25.3. The van der Waals surface area contributed by atoms with Gasteiger partial charge in [-0.2, -0.15) is 4.98 Å². The fraction of sp³-hybridized carbons (Fsp3) is 0.786. The molecule has 2 unspecified atom stereocenters. The third kappa shape index (κ3) is 2.39. The Bertz CT molecular complexity index is 506. The molecule has 1 aliphatic heterocycles. The fourth-order valence-corrected chi connectivity index (χ4v) is 3.79. The highest BCUT2D eigenvalue weighted by molar-refractivity contribution is 7.98. The van der Waals surface area contributed by atoms with Crippen LogP contribution in [0.15, 0.2) is 10.1 Å². The van der Waals surface area contributed by atoms with Crippen molar-refractivity contribution in [2.45, 2.75) is 50.9 Å². The van der Waals surface area contributed by atoms with E-state index >= 15 is 0 Å². The standard InChI is InChI=1S/C14H23N5S/c1-4-18(5-2)11-8-6-7-10-9-19-13(15-12(10)11)16-14(17-19)20-3/h10-11H,4-9H2,1-3H3. The van der Waals surface area contributed by atoms with E-state index in [9.17, 15) is 0 Å².